The second-order valence-corrected chi connectivity index (χ2v) is 5.57. The van der Waals surface area contributed by atoms with E-state index in [-0.39, 0.29) is 6.10 Å². The summed E-state index contributed by atoms with van der Waals surface area (Å²) in [5, 5.41) is 9.55. The van der Waals surface area contributed by atoms with Crippen molar-refractivity contribution in [2.24, 2.45) is 5.92 Å². The SMILES string of the molecule is CC(O)C1CCN(Cc2cccc(Br)c2)C1. The third-order valence-electron chi connectivity index (χ3n) is 3.29. The van der Waals surface area contributed by atoms with Crippen LogP contribution >= 0.6 is 15.9 Å². The highest BCUT2D eigenvalue weighted by Gasteiger charge is 2.25. The highest BCUT2D eigenvalue weighted by atomic mass is 79.9. The molecule has 3 heteroatoms. The minimum Gasteiger partial charge on any atom is -0.393 e. The van der Waals surface area contributed by atoms with Gasteiger partial charge in [0.05, 0.1) is 6.10 Å². The number of aliphatic hydroxyl groups excluding tert-OH is 1. The van der Waals surface area contributed by atoms with Crippen LogP contribution in [0.5, 0.6) is 0 Å². The molecule has 0 saturated carbocycles. The summed E-state index contributed by atoms with van der Waals surface area (Å²) in [5.74, 6) is 0.451. The van der Waals surface area contributed by atoms with E-state index < -0.39 is 0 Å². The van der Waals surface area contributed by atoms with E-state index in [0.29, 0.717) is 5.92 Å². The van der Waals surface area contributed by atoms with Gasteiger partial charge in [-0.1, -0.05) is 28.1 Å². The van der Waals surface area contributed by atoms with Gasteiger partial charge >= 0.3 is 0 Å². The lowest BCUT2D eigenvalue weighted by Gasteiger charge is -2.17. The molecule has 2 rings (SSSR count). The second kappa shape index (κ2) is 5.30. The maximum Gasteiger partial charge on any atom is 0.0552 e. The number of rotatable bonds is 3. The van der Waals surface area contributed by atoms with Crippen molar-refractivity contribution in [2.45, 2.75) is 26.0 Å². The maximum absolute atomic E-state index is 9.55. The summed E-state index contributed by atoms with van der Waals surface area (Å²) in [4.78, 5) is 2.42. The normalized spacial score (nSPS) is 23.6. The average Bonchev–Trinajstić information content (AvgIpc) is 2.66. The van der Waals surface area contributed by atoms with Crippen molar-refractivity contribution in [1.82, 2.24) is 4.90 Å². The van der Waals surface area contributed by atoms with Crippen molar-refractivity contribution in [2.75, 3.05) is 13.1 Å². The standard InChI is InChI=1S/C13H18BrNO/c1-10(16)12-5-6-15(9-12)8-11-3-2-4-13(14)7-11/h2-4,7,10,12,16H,5-6,8-9H2,1H3. The number of nitrogens with zero attached hydrogens (tertiary/aromatic N) is 1. The maximum atomic E-state index is 9.55. The van der Waals surface area contributed by atoms with Gasteiger partial charge in [0.2, 0.25) is 0 Å². The number of likely N-dealkylation sites (tertiary alicyclic amines) is 1. The lowest BCUT2D eigenvalue weighted by Crippen LogP contribution is -2.23. The van der Waals surface area contributed by atoms with E-state index in [1.54, 1.807) is 0 Å². The number of aliphatic hydroxyl groups is 1. The summed E-state index contributed by atoms with van der Waals surface area (Å²) in [6.45, 7) is 5.00. The van der Waals surface area contributed by atoms with E-state index in [4.69, 9.17) is 0 Å². The van der Waals surface area contributed by atoms with Crippen LogP contribution in [0, 0.1) is 5.92 Å². The Morgan fingerprint density at radius 1 is 1.56 bits per heavy atom. The van der Waals surface area contributed by atoms with Crippen molar-refractivity contribution in [3.05, 3.63) is 34.3 Å². The predicted molar refractivity (Wildman–Crippen MR) is 69.2 cm³/mol. The Labute approximate surface area is 105 Å². The van der Waals surface area contributed by atoms with Crippen LogP contribution in [0.25, 0.3) is 0 Å². The summed E-state index contributed by atoms with van der Waals surface area (Å²) < 4.78 is 1.14. The van der Waals surface area contributed by atoms with Crippen molar-refractivity contribution in [3.8, 4) is 0 Å². The summed E-state index contributed by atoms with van der Waals surface area (Å²) >= 11 is 3.49. The molecule has 2 nitrogen and oxygen atoms in total. The minimum absolute atomic E-state index is 0.174. The summed E-state index contributed by atoms with van der Waals surface area (Å²) in [6, 6.07) is 8.43. The van der Waals surface area contributed by atoms with Crippen molar-refractivity contribution in [3.63, 3.8) is 0 Å². The van der Waals surface area contributed by atoms with Crippen molar-refractivity contribution >= 4 is 15.9 Å². The molecule has 1 N–H and O–H groups in total. The first kappa shape index (κ1) is 12.1. The highest BCUT2D eigenvalue weighted by molar-refractivity contribution is 9.10. The molecule has 2 atom stereocenters. The van der Waals surface area contributed by atoms with Crippen LogP contribution in [-0.4, -0.2) is 29.2 Å². The molecule has 0 aliphatic carbocycles. The molecule has 1 aliphatic heterocycles. The molecule has 2 unspecified atom stereocenters. The van der Waals surface area contributed by atoms with Gasteiger partial charge in [0.1, 0.15) is 0 Å². The Bertz CT molecular complexity index is 354. The molecule has 88 valence electrons. The van der Waals surface area contributed by atoms with Gasteiger partial charge in [-0.15, -0.1) is 0 Å². The van der Waals surface area contributed by atoms with Gasteiger partial charge in [0, 0.05) is 17.6 Å². The van der Waals surface area contributed by atoms with Crippen LogP contribution in [0.2, 0.25) is 0 Å². The van der Waals surface area contributed by atoms with Gasteiger partial charge in [0.25, 0.3) is 0 Å². The van der Waals surface area contributed by atoms with Crippen LogP contribution < -0.4 is 0 Å². The molecule has 0 amide bonds. The van der Waals surface area contributed by atoms with Gasteiger partial charge in [-0.3, -0.25) is 4.90 Å². The molecule has 1 heterocycles. The monoisotopic (exact) mass is 283 g/mol. The lowest BCUT2D eigenvalue weighted by atomic mass is 10.0. The molecule has 0 radical (unpaired) electrons. The zero-order valence-electron chi connectivity index (χ0n) is 9.56. The average molecular weight is 284 g/mol. The van der Waals surface area contributed by atoms with E-state index in [2.05, 4.69) is 39.0 Å². The van der Waals surface area contributed by atoms with Gasteiger partial charge in [-0.25, -0.2) is 0 Å². The topological polar surface area (TPSA) is 23.5 Å². The van der Waals surface area contributed by atoms with E-state index in [9.17, 15) is 5.11 Å². The molecule has 1 aromatic carbocycles. The van der Waals surface area contributed by atoms with Crippen molar-refractivity contribution in [1.29, 1.82) is 0 Å². The number of hydrogen-bond donors (Lipinski definition) is 1. The first-order chi connectivity index (χ1) is 7.65. The fourth-order valence-corrected chi connectivity index (χ4v) is 2.74. The minimum atomic E-state index is -0.174. The zero-order valence-corrected chi connectivity index (χ0v) is 11.2. The highest BCUT2D eigenvalue weighted by Crippen LogP contribution is 2.22. The molecular formula is C13H18BrNO. The molecule has 1 aromatic rings. The Morgan fingerprint density at radius 2 is 2.38 bits per heavy atom. The smallest absolute Gasteiger partial charge is 0.0552 e. The van der Waals surface area contributed by atoms with Crippen LogP contribution in [0.4, 0.5) is 0 Å². The van der Waals surface area contributed by atoms with E-state index >= 15 is 0 Å². The Morgan fingerprint density at radius 3 is 3.00 bits per heavy atom. The van der Waals surface area contributed by atoms with E-state index in [0.717, 1.165) is 30.5 Å². The largest absolute Gasteiger partial charge is 0.393 e. The third kappa shape index (κ3) is 3.06. The first-order valence-electron chi connectivity index (χ1n) is 5.80. The molecule has 0 aromatic heterocycles. The fourth-order valence-electron chi connectivity index (χ4n) is 2.29. The Balaban J connectivity index is 1.92. The molecule has 1 saturated heterocycles. The first-order valence-corrected chi connectivity index (χ1v) is 6.59. The van der Waals surface area contributed by atoms with E-state index in [1.807, 2.05) is 13.0 Å². The second-order valence-electron chi connectivity index (χ2n) is 4.65. The zero-order chi connectivity index (χ0) is 11.5. The number of benzene rings is 1. The van der Waals surface area contributed by atoms with Crippen molar-refractivity contribution < 1.29 is 5.11 Å². The molecule has 0 bridgehead atoms. The molecular weight excluding hydrogens is 266 g/mol. The van der Waals surface area contributed by atoms with Crippen LogP contribution in [0.3, 0.4) is 0 Å². The number of halogens is 1. The molecule has 0 spiro atoms. The lowest BCUT2D eigenvalue weighted by molar-refractivity contribution is 0.127. The predicted octanol–water partition coefficient (Wildman–Crippen LogP) is 2.65. The summed E-state index contributed by atoms with van der Waals surface area (Å²) in [7, 11) is 0. The molecule has 1 aliphatic rings. The van der Waals surface area contributed by atoms with Gasteiger partial charge in [-0.05, 0) is 43.5 Å². The summed E-state index contributed by atoms with van der Waals surface area (Å²) in [6.07, 6.45) is 0.943. The Kier molecular flexibility index (Phi) is 4.00. The third-order valence-corrected chi connectivity index (χ3v) is 3.78. The van der Waals surface area contributed by atoms with Crippen LogP contribution in [0.1, 0.15) is 18.9 Å². The van der Waals surface area contributed by atoms with Gasteiger partial charge in [0.15, 0.2) is 0 Å². The fraction of sp³-hybridized carbons (Fsp3) is 0.538. The van der Waals surface area contributed by atoms with Crippen LogP contribution in [-0.2, 0) is 6.54 Å². The molecule has 16 heavy (non-hydrogen) atoms. The molecule has 1 fully saturated rings. The van der Waals surface area contributed by atoms with Gasteiger partial charge < -0.3 is 5.11 Å². The summed E-state index contributed by atoms with van der Waals surface area (Å²) in [5.41, 5.74) is 1.33. The van der Waals surface area contributed by atoms with Gasteiger partial charge in [-0.2, -0.15) is 0 Å². The quantitative estimate of drug-likeness (QED) is 0.922. The number of hydrogen-bond acceptors (Lipinski definition) is 2. The van der Waals surface area contributed by atoms with E-state index in [1.165, 1.54) is 5.56 Å². The van der Waals surface area contributed by atoms with Crippen LogP contribution in [0.15, 0.2) is 28.7 Å². The Hall–Kier alpha value is -0.380.